The first-order valence-electron chi connectivity index (χ1n) is 6.10. The number of rotatable bonds is 5. The minimum absolute atomic E-state index is 0.137. The van der Waals surface area contributed by atoms with Crippen molar-refractivity contribution in [1.82, 2.24) is 5.43 Å². The molecule has 0 bridgehead atoms. The summed E-state index contributed by atoms with van der Waals surface area (Å²) in [4.78, 5) is 11.5. The zero-order valence-electron chi connectivity index (χ0n) is 10.9. The van der Waals surface area contributed by atoms with Crippen molar-refractivity contribution in [2.45, 2.75) is 0 Å². The third kappa shape index (κ3) is 5.10. The van der Waals surface area contributed by atoms with Gasteiger partial charge in [-0.1, -0.05) is 41.4 Å². The molecule has 0 fully saturated rings. The Hall–Kier alpha value is -2.04. The van der Waals surface area contributed by atoms with Gasteiger partial charge in [0.2, 0.25) is 0 Å². The fourth-order valence-corrected chi connectivity index (χ4v) is 1.78. The molecule has 0 aliphatic heterocycles. The summed E-state index contributed by atoms with van der Waals surface area (Å²) in [6.45, 7) is -0.137. The third-order valence-corrected chi connectivity index (χ3v) is 3.08. The summed E-state index contributed by atoms with van der Waals surface area (Å²) in [5.74, 6) is 0.192. The SMILES string of the molecule is O=C(COc1ccc(Cl)cc1)N/N=C/c1ccccc1Cl. The lowest BCUT2D eigenvalue weighted by molar-refractivity contribution is -0.123. The van der Waals surface area contributed by atoms with Crippen LogP contribution >= 0.6 is 23.2 Å². The van der Waals surface area contributed by atoms with E-state index in [0.29, 0.717) is 15.8 Å². The van der Waals surface area contributed by atoms with Gasteiger partial charge in [-0.2, -0.15) is 5.10 Å². The number of carbonyl (C=O) groups is 1. The topological polar surface area (TPSA) is 50.7 Å². The first kappa shape index (κ1) is 15.4. The number of halogens is 2. The van der Waals surface area contributed by atoms with Gasteiger partial charge in [0.1, 0.15) is 5.75 Å². The average Bonchev–Trinajstić information content (AvgIpc) is 2.49. The highest BCUT2D eigenvalue weighted by Crippen LogP contribution is 2.15. The molecule has 4 nitrogen and oxygen atoms in total. The number of nitrogens with one attached hydrogen (secondary N) is 1. The van der Waals surface area contributed by atoms with Crippen molar-refractivity contribution < 1.29 is 9.53 Å². The predicted octanol–water partition coefficient (Wildman–Crippen LogP) is 3.52. The standard InChI is InChI=1S/C15H12Cl2N2O2/c16-12-5-7-13(8-6-12)21-10-15(20)19-18-9-11-3-1-2-4-14(11)17/h1-9H,10H2,(H,19,20)/b18-9+. The molecule has 0 unspecified atom stereocenters. The molecule has 2 rings (SSSR count). The largest absolute Gasteiger partial charge is 0.484 e. The van der Waals surface area contributed by atoms with Crippen molar-refractivity contribution in [1.29, 1.82) is 0 Å². The number of hydrazone groups is 1. The molecular weight excluding hydrogens is 311 g/mol. The molecular formula is C15H12Cl2N2O2. The van der Waals surface area contributed by atoms with Crippen LogP contribution in [-0.4, -0.2) is 18.7 Å². The van der Waals surface area contributed by atoms with Crippen LogP contribution in [0.25, 0.3) is 0 Å². The van der Waals surface area contributed by atoms with Crippen LogP contribution in [0.5, 0.6) is 5.75 Å². The van der Waals surface area contributed by atoms with E-state index in [9.17, 15) is 4.79 Å². The summed E-state index contributed by atoms with van der Waals surface area (Å²) in [6, 6.07) is 13.9. The van der Waals surface area contributed by atoms with Gasteiger partial charge >= 0.3 is 0 Å². The van der Waals surface area contributed by atoms with E-state index in [-0.39, 0.29) is 12.5 Å². The second-order valence-electron chi connectivity index (χ2n) is 4.06. The summed E-state index contributed by atoms with van der Waals surface area (Å²) in [7, 11) is 0. The molecule has 0 spiro atoms. The van der Waals surface area contributed by atoms with Gasteiger partial charge in [0.15, 0.2) is 6.61 Å². The second-order valence-corrected chi connectivity index (χ2v) is 4.90. The summed E-state index contributed by atoms with van der Waals surface area (Å²) in [5.41, 5.74) is 3.08. The summed E-state index contributed by atoms with van der Waals surface area (Å²) in [6.07, 6.45) is 1.47. The van der Waals surface area contributed by atoms with E-state index in [1.54, 1.807) is 36.4 Å². The van der Waals surface area contributed by atoms with Crippen molar-refractivity contribution in [3.63, 3.8) is 0 Å². The molecule has 1 amide bonds. The first-order valence-corrected chi connectivity index (χ1v) is 6.85. The quantitative estimate of drug-likeness (QED) is 0.676. The molecule has 0 atom stereocenters. The van der Waals surface area contributed by atoms with Crippen LogP contribution in [0.2, 0.25) is 10.0 Å². The maximum absolute atomic E-state index is 11.5. The van der Waals surface area contributed by atoms with E-state index < -0.39 is 0 Å². The Labute approximate surface area is 132 Å². The molecule has 0 aliphatic carbocycles. The zero-order valence-corrected chi connectivity index (χ0v) is 12.4. The molecule has 108 valence electrons. The lowest BCUT2D eigenvalue weighted by Crippen LogP contribution is -2.24. The van der Waals surface area contributed by atoms with Crippen molar-refractivity contribution in [2.75, 3.05) is 6.61 Å². The molecule has 0 saturated heterocycles. The number of nitrogens with zero attached hydrogens (tertiary/aromatic N) is 1. The summed E-state index contributed by atoms with van der Waals surface area (Å²) < 4.78 is 5.28. The van der Waals surface area contributed by atoms with Gasteiger partial charge in [-0.15, -0.1) is 0 Å². The van der Waals surface area contributed by atoms with Gasteiger partial charge in [0.25, 0.3) is 5.91 Å². The van der Waals surface area contributed by atoms with Crippen molar-refractivity contribution in [3.05, 3.63) is 64.1 Å². The molecule has 0 aliphatic rings. The van der Waals surface area contributed by atoms with Crippen molar-refractivity contribution in [2.24, 2.45) is 5.10 Å². The Balaban J connectivity index is 1.80. The zero-order chi connectivity index (χ0) is 15.1. The molecule has 0 radical (unpaired) electrons. The Kier molecular flexibility index (Phi) is 5.60. The van der Waals surface area contributed by atoms with Crippen LogP contribution in [-0.2, 0) is 4.79 Å². The van der Waals surface area contributed by atoms with Gasteiger partial charge < -0.3 is 4.74 Å². The van der Waals surface area contributed by atoms with E-state index >= 15 is 0 Å². The maximum atomic E-state index is 11.5. The normalized spacial score (nSPS) is 10.6. The highest BCUT2D eigenvalue weighted by molar-refractivity contribution is 6.33. The highest BCUT2D eigenvalue weighted by atomic mass is 35.5. The molecule has 0 saturated carbocycles. The third-order valence-electron chi connectivity index (χ3n) is 2.48. The van der Waals surface area contributed by atoms with Gasteiger partial charge in [0.05, 0.1) is 6.21 Å². The van der Waals surface area contributed by atoms with E-state index in [2.05, 4.69) is 10.5 Å². The summed E-state index contributed by atoms with van der Waals surface area (Å²) in [5, 5.41) is 4.99. The van der Waals surface area contributed by atoms with E-state index in [4.69, 9.17) is 27.9 Å². The van der Waals surface area contributed by atoms with Gasteiger partial charge in [-0.3, -0.25) is 4.79 Å². The van der Waals surface area contributed by atoms with Crippen LogP contribution < -0.4 is 10.2 Å². The minimum Gasteiger partial charge on any atom is -0.484 e. The fraction of sp³-hybridized carbons (Fsp3) is 0.0667. The Bertz CT molecular complexity index is 642. The van der Waals surface area contributed by atoms with E-state index in [1.807, 2.05) is 12.1 Å². The fourth-order valence-electron chi connectivity index (χ4n) is 1.47. The Morgan fingerprint density at radius 1 is 1.14 bits per heavy atom. The number of hydrogen-bond acceptors (Lipinski definition) is 3. The number of amides is 1. The van der Waals surface area contributed by atoms with E-state index in [0.717, 1.165) is 5.56 Å². The van der Waals surface area contributed by atoms with Gasteiger partial charge in [-0.05, 0) is 30.3 Å². The first-order chi connectivity index (χ1) is 10.1. The lowest BCUT2D eigenvalue weighted by atomic mass is 10.2. The number of benzene rings is 2. The molecule has 0 heterocycles. The molecule has 2 aromatic carbocycles. The monoisotopic (exact) mass is 322 g/mol. The number of ether oxygens (including phenoxy) is 1. The Morgan fingerprint density at radius 3 is 2.57 bits per heavy atom. The van der Waals surface area contributed by atoms with Crippen molar-refractivity contribution in [3.8, 4) is 5.75 Å². The van der Waals surface area contributed by atoms with Crippen LogP contribution in [0.4, 0.5) is 0 Å². The van der Waals surface area contributed by atoms with Gasteiger partial charge in [-0.25, -0.2) is 5.43 Å². The molecule has 1 N–H and O–H groups in total. The molecule has 6 heteroatoms. The lowest BCUT2D eigenvalue weighted by Gasteiger charge is -2.04. The maximum Gasteiger partial charge on any atom is 0.277 e. The second kappa shape index (κ2) is 7.67. The highest BCUT2D eigenvalue weighted by Gasteiger charge is 2.01. The van der Waals surface area contributed by atoms with Crippen molar-refractivity contribution >= 4 is 35.3 Å². The van der Waals surface area contributed by atoms with E-state index in [1.165, 1.54) is 6.21 Å². The Morgan fingerprint density at radius 2 is 1.86 bits per heavy atom. The summed E-state index contributed by atoms with van der Waals surface area (Å²) >= 11 is 11.7. The number of carbonyl (C=O) groups excluding carboxylic acids is 1. The van der Waals surface area contributed by atoms with Crippen LogP contribution in [0.1, 0.15) is 5.56 Å². The number of hydrogen-bond donors (Lipinski definition) is 1. The minimum atomic E-state index is -0.367. The van der Waals surface area contributed by atoms with Crippen LogP contribution in [0.3, 0.4) is 0 Å². The molecule has 0 aromatic heterocycles. The smallest absolute Gasteiger partial charge is 0.277 e. The van der Waals surface area contributed by atoms with Gasteiger partial charge in [0, 0.05) is 15.6 Å². The predicted molar refractivity (Wildman–Crippen MR) is 84.1 cm³/mol. The molecule has 2 aromatic rings. The average molecular weight is 323 g/mol. The van der Waals surface area contributed by atoms with Crippen LogP contribution in [0, 0.1) is 0 Å². The van der Waals surface area contributed by atoms with Crippen LogP contribution in [0.15, 0.2) is 53.6 Å². The molecule has 21 heavy (non-hydrogen) atoms.